The second-order valence-electron chi connectivity index (χ2n) is 6.30. The Morgan fingerprint density at radius 2 is 2.04 bits per heavy atom. The highest BCUT2D eigenvalue weighted by atomic mass is 32.1. The van der Waals surface area contributed by atoms with Crippen molar-refractivity contribution in [1.82, 2.24) is 25.0 Å². The van der Waals surface area contributed by atoms with Gasteiger partial charge in [-0.15, -0.1) is 11.3 Å². The fraction of sp³-hybridized carbons (Fsp3) is 0.389. The van der Waals surface area contributed by atoms with Crippen LogP contribution in [0.4, 0.5) is 5.82 Å². The minimum absolute atomic E-state index is 0.00569. The van der Waals surface area contributed by atoms with E-state index in [9.17, 15) is 4.79 Å². The van der Waals surface area contributed by atoms with E-state index in [4.69, 9.17) is 4.52 Å². The molecule has 1 aliphatic rings. The zero-order chi connectivity index (χ0) is 18.8. The van der Waals surface area contributed by atoms with Gasteiger partial charge in [0.2, 0.25) is 11.7 Å². The molecule has 0 atom stereocenters. The van der Waals surface area contributed by atoms with E-state index in [1.807, 2.05) is 36.3 Å². The second kappa shape index (κ2) is 7.43. The van der Waals surface area contributed by atoms with Crippen molar-refractivity contribution in [3.63, 3.8) is 0 Å². The predicted molar refractivity (Wildman–Crippen MR) is 102 cm³/mol. The largest absolute Gasteiger partial charge is 0.353 e. The van der Waals surface area contributed by atoms with Crippen molar-refractivity contribution < 1.29 is 9.32 Å². The molecule has 1 saturated heterocycles. The first-order valence-corrected chi connectivity index (χ1v) is 9.77. The summed E-state index contributed by atoms with van der Waals surface area (Å²) in [5.74, 6) is 2.06. The molecule has 4 rings (SSSR count). The maximum atomic E-state index is 12.5. The monoisotopic (exact) mass is 384 g/mol. The standard InChI is InChI=1S/C18H20N6O2S/c1-3-16-21-17(22-26-16)13-4-5-15(19-10-13)23-6-8-24(9-7-23)18(25)14-11-27-12(2)20-14/h4-5,10-11H,3,6-9H2,1-2H3. The summed E-state index contributed by atoms with van der Waals surface area (Å²) in [4.78, 5) is 29.7. The van der Waals surface area contributed by atoms with E-state index in [2.05, 4.69) is 25.0 Å². The number of rotatable bonds is 4. The Hall–Kier alpha value is -2.81. The minimum atomic E-state index is 0.00569. The normalized spacial score (nSPS) is 14.6. The van der Waals surface area contributed by atoms with Gasteiger partial charge in [-0.25, -0.2) is 9.97 Å². The molecule has 0 bridgehead atoms. The predicted octanol–water partition coefficient (Wildman–Crippen LogP) is 2.42. The van der Waals surface area contributed by atoms with Gasteiger partial charge in [0, 0.05) is 49.7 Å². The zero-order valence-corrected chi connectivity index (χ0v) is 16.1. The highest BCUT2D eigenvalue weighted by Gasteiger charge is 2.24. The molecule has 9 heteroatoms. The SMILES string of the molecule is CCc1nc(-c2ccc(N3CCN(C(=O)c4csc(C)n4)CC3)nc2)no1. The third-order valence-corrected chi connectivity index (χ3v) is 5.28. The summed E-state index contributed by atoms with van der Waals surface area (Å²) < 4.78 is 5.15. The van der Waals surface area contributed by atoms with Crippen LogP contribution in [0.2, 0.25) is 0 Å². The van der Waals surface area contributed by atoms with Crippen molar-refractivity contribution in [3.05, 3.63) is 40.3 Å². The van der Waals surface area contributed by atoms with E-state index in [0.717, 1.165) is 29.5 Å². The first-order chi connectivity index (χ1) is 13.1. The Balaban J connectivity index is 1.38. The Morgan fingerprint density at radius 1 is 1.22 bits per heavy atom. The number of hydrogen-bond acceptors (Lipinski definition) is 8. The highest BCUT2D eigenvalue weighted by Crippen LogP contribution is 2.20. The van der Waals surface area contributed by atoms with Crippen molar-refractivity contribution in [3.8, 4) is 11.4 Å². The molecule has 140 valence electrons. The molecule has 0 saturated carbocycles. The molecule has 0 unspecified atom stereocenters. The number of carbonyl (C=O) groups excluding carboxylic acids is 1. The van der Waals surface area contributed by atoms with Gasteiger partial charge in [-0.2, -0.15) is 4.98 Å². The number of thiazole rings is 1. The van der Waals surface area contributed by atoms with Crippen LogP contribution in [0.15, 0.2) is 28.2 Å². The van der Waals surface area contributed by atoms with Crippen LogP contribution in [-0.2, 0) is 6.42 Å². The number of aryl methyl sites for hydroxylation is 2. The van der Waals surface area contributed by atoms with Gasteiger partial charge in [-0.3, -0.25) is 4.79 Å². The van der Waals surface area contributed by atoms with Crippen LogP contribution >= 0.6 is 11.3 Å². The molecule has 27 heavy (non-hydrogen) atoms. The summed E-state index contributed by atoms with van der Waals surface area (Å²) in [6.07, 6.45) is 2.47. The lowest BCUT2D eigenvalue weighted by Crippen LogP contribution is -2.49. The van der Waals surface area contributed by atoms with Crippen molar-refractivity contribution >= 4 is 23.1 Å². The first kappa shape index (κ1) is 17.6. The van der Waals surface area contributed by atoms with Gasteiger partial charge in [0.1, 0.15) is 11.5 Å². The van der Waals surface area contributed by atoms with E-state index < -0.39 is 0 Å². The van der Waals surface area contributed by atoms with Crippen LogP contribution in [-0.4, -0.2) is 57.1 Å². The molecule has 4 heterocycles. The van der Waals surface area contributed by atoms with Crippen LogP contribution in [0.3, 0.4) is 0 Å². The van der Waals surface area contributed by atoms with Gasteiger partial charge >= 0.3 is 0 Å². The molecule has 0 spiro atoms. The molecule has 0 aromatic carbocycles. The quantitative estimate of drug-likeness (QED) is 0.682. The average molecular weight is 384 g/mol. The average Bonchev–Trinajstić information content (AvgIpc) is 3.37. The summed E-state index contributed by atoms with van der Waals surface area (Å²) in [5.41, 5.74) is 1.37. The van der Waals surface area contributed by atoms with Crippen LogP contribution in [0.1, 0.15) is 28.3 Å². The smallest absolute Gasteiger partial charge is 0.273 e. The maximum Gasteiger partial charge on any atom is 0.273 e. The molecular formula is C18H20N6O2S. The number of pyridine rings is 1. The third kappa shape index (κ3) is 3.68. The van der Waals surface area contributed by atoms with Gasteiger partial charge in [0.05, 0.1) is 5.01 Å². The lowest BCUT2D eigenvalue weighted by molar-refractivity contribution is 0.0741. The fourth-order valence-electron chi connectivity index (χ4n) is 2.98. The van der Waals surface area contributed by atoms with Crippen LogP contribution in [0, 0.1) is 6.92 Å². The first-order valence-electron chi connectivity index (χ1n) is 8.89. The number of carbonyl (C=O) groups is 1. The Labute approximate surface area is 160 Å². The van der Waals surface area contributed by atoms with E-state index in [1.165, 1.54) is 11.3 Å². The third-order valence-electron chi connectivity index (χ3n) is 4.51. The summed E-state index contributed by atoms with van der Waals surface area (Å²) in [6, 6.07) is 3.90. The second-order valence-corrected chi connectivity index (χ2v) is 7.36. The van der Waals surface area contributed by atoms with E-state index >= 15 is 0 Å². The van der Waals surface area contributed by atoms with E-state index in [-0.39, 0.29) is 5.91 Å². The van der Waals surface area contributed by atoms with Gasteiger partial charge in [0.15, 0.2) is 0 Å². The van der Waals surface area contributed by atoms with E-state index in [1.54, 1.807) is 6.20 Å². The Morgan fingerprint density at radius 3 is 2.63 bits per heavy atom. The van der Waals surface area contributed by atoms with Crippen LogP contribution in [0.5, 0.6) is 0 Å². The zero-order valence-electron chi connectivity index (χ0n) is 15.3. The van der Waals surface area contributed by atoms with Crippen LogP contribution < -0.4 is 4.90 Å². The van der Waals surface area contributed by atoms with Crippen molar-refractivity contribution in [2.45, 2.75) is 20.3 Å². The number of aromatic nitrogens is 4. The number of anilines is 1. The number of piperazine rings is 1. The van der Waals surface area contributed by atoms with Gasteiger partial charge in [0.25, 0.3) is 5.91 Å². The molecule has 0 aliphatic carbocycles. The van der Waals surface area contributed by atoms with Crippen molar-refractivity contribution in [2.24, 2.45) is 0 Å². The number of hydrogen-bond donors (Lipinski definition) is 0. The summed E-state index contributed by atoms with van der Waals surface area (Å²) in [7, 11) is 0. The molecule has 1 amide bonds. The lowest BCUT2D eigenvalue weighted by atomic mass is 10.2. The Bertz CT molecular complexity index is 927. The molecule has 3 aromatic heterocycles. The maximum absolute atomic E-state index is 12.5. The summed E-state index contributed by atoms with van der Waals surface area (Å²) in [6.45, 7) is 6.67. The van der Waals surface area contributed by atoms with Gasteiger partial charge in [-0.1, -0.05) is 12.1 Å². The minimum Gasteiger partial charge on any atom is -0.353 e. The molecule has 0 N–H and O–H groups in total. The van der Waals surface area contributed by atoms with Crippen molar-refractivity contribution in [2.75, 3.05) is 31.1 Å². The van der Waals surface area contributed by atoms with Gasteiger partial charge < -0.3 is 14.3 Å². The topological polar surface area (TPSA) is 88.3 Å². The molecule has 3 aromatic rings. The Kier molecular flexibility index (Phi) is 4.85. The van der Waals surface area contributed by atoms with Crippen LogP contribution in [0.25, 0.3) is 11.4 Å². The summed E-state index contributed by atoms with van der Waals surface area (Å²) in [5, 5.41) is 6.71. The molecule has 0 radical (unpaired) electrons. The number of nitrogens with zero attached hydrogens (tertiary/aromatic N) is 6. The molecule has 1 aliphatic heterocycles. The summed E-state index contributed by atoms with van der Waals surface area (Å²) >= 11 is 1.50. The highest BCUT2D eigenvalue weighted by molar-refractivity contribution is 7.09. The fourth-order valence-corrected chi connectivity index (χ4v) is 3.57. The molecule has 1 fully saturated rings. The van der Waals surface area contributed by atoms with E-state index in [0.29, 0.717) is 36.9 Å². The lowest BCUT2D eigenvalue weighted by Gasteiger charge is -2.35. The van der Waals surface area contributed by atoms with Crippen molar-refractivity contribution in [1.29, 1.82) is 0 Å². The van der Waals surface area contributed by atoms with Gasteiger partial charge in [-0.05, 0) is 19.1 Å². The molecular weight excluding hydrogens is 364 g/mol. The number of amides is 1. The molecule has 8 nitrogen and oxygen atoms in total.